The summed E-state index contributed by atoms with van der Waals surface area (Å²) in [6.07, 6.45) is 33.1. The van der Waals surface area contributed by atoms with Gasteiger partial charge in [-0.05, 0) is 24.7 Å². The van der Waals surface area contributed by atoms with E-state index in [-0.39, 0.29) is 25.2 Å². The smallest absolute Gasteiger partial charge is 0.305 e. The zero-order chi connectivity index (χ0) is 32.5. The van der Waals surface area contributed by atoms with Crippen molar-refractivity contribution < 1.29 is 24.2 Å². The molecule has 0 amide bonds. The monoisotopic (exact) mass is 625 g/mol. The van der Waals surface area contributed by atoms with Crippen LogP contribution < -0.4 is 0 Å². The molecule has 0 bridgehead atoms. The van der Waals surface area contributed by atoms with E-state index in [0.717, 1.165) is 43.9 Å². The molecular weight excluding hydrogens is 548 g/mol. The number of hydrogen-bond acceptors (Lipinski definition) is 5. The molecule has 1 atom stereocenters. The van der Waals surface area contributed by atoms with Crippen molar-refractivity contribution in [2.24, 2.45) is 11.8 Å². The van der Waals surface area contributed by atoms with Crippen LogP contribution in [0.1, 0.15) is 207 Å². The van der Waals surface area contributed by atoms with Gasteiger partial charge < -0.3 is 14.6 Å². The number of carbonyl (C=O) groups excluding carboxylic acids is 2. The summed E-state index contributed by atoms with van der Waals surface area (Å²) < 4.78 is 10.3. The molecule has 0 fully saturated rings. The maximum absolute atomic E-state index is 12.0. The number of hydrogen-bond donors (Lipinski definition) is 1. The quantitative estimate of drug-likeness (QED) is 0.0569. The highest BCUT2D eigenvalue weighted by molar-refractivity contribution is 5.69. The molecular formula is C39H76O5. The fourth-order valence-electron chi connectivity index (χ4n) is 5.75. The van der Waals surface area contributed by atoms with Gasteiger partial charge in [0.15, 0.2) is 0 Å². The molecule has 0 aromatic carbocycles. The topological polar surface area (TPSA) is 72.8 Å². The first kappa shape index (κ1) is 42.9. The Morgan fingerprint density at radius 3 is 0.886 bits per heavy atom. The molecule has 44 heavy (non-hydrogen) atoms. The normalized spacial score (nSPS) is 12.2. The van der Waals surface area contributed by atoms with Crippen LogP contribution in [0.3, 0.4) is 0 Å². The van der Waals surface area contributed by atoms with Crippen molar-refractivity contribution in [2.75, 3.05) is 13.2 Å². The van der Waals surface area contributed by atoms with Crippen LogP contribution in [0, 0.1) is 11.8 Å². The molecule has 0 aliphatic rings. The predicted molar refractivity (Wildman–Crippen MR) is 187 cm³/mol. The Balaban J connectivity index is 3.37. The first-order valence-corrected chi connectivity index (χ1v) is 19.3. The van der Waals surface area contributed by atoms with E-state index in [4.69, 9.17) is 9.47 Å². The molecule has 0 aromatic rings. The van der Waals surface area contributed by atoms with Gasteiger partial charge in [0.25, 0.3) is 0 Å². The van der Waals surface area contributed by atoms with Gasteiger partial charge >= 0.3 is 11.9 Å². The maximum Gasteiger partial charge on any atom is 0.305 e. The van der Waals surface area contributed by atoms with Gasteiger partial charge in [0.2, 0.25) is 0 Å². The van der Waals surface area contributed by atoms with Crippen molar-refractivity contribution in [3.63, 3.8) is 0 Å². The largest absolute Gasteiger partial charge is 0.463 e. The molecule has 1 N–H and O–H groups in total. The van der Waals surface area contributed by atoms with Gasteiger partial charge in [0.1, 0.15) is 19.3 Å². The lowest BCUT2D eigenvalue weighted by Crippen LogP contribution is -2.25. The van der Waals surface area contributed by atoms with Crippen molar-refractivity contribution in [2.45, 2.75) is 214 Å². The van der Waals surface area contributed by atoms with E-state index in [2.05, 4.69) is 27.7 Å². The molecule has 0 saturated carbocycles. The minimum atomic E-state index is -0.956. The van der Waals surface area contributed by atoms with E-state index in [1.165, 1.54) is 135 Å². The van der Waals surface area contributed by atoms with Gasteiger partial charge in [0.05, 0.1) is 0 Å². The summed E-state index contributed by atoms with van der Waals surface area (Å²) in [7, 11) is 0. The first-order valence-electron chi connectivity index (χ1n) is 19.3. The summed E-state index contributed by atoms with van der Waals surface area (Å²) in [6, 6.07) is 0. The summed E-state index contributed by atoms with van der Waals surface area (Å²) in [5.41, 5.74) is 0. The van der Waals surface area contributed by atoms with Crippen molar-refractivity contribution in [3.8, 4) is 0 Å². The van der Waals surface area contributed by atoms with Crippen LogP contribution in [0.15, 0.2) is 0 Å². The third-order valence-electron chi connectivity index (χ3n) is 8.70. The number of aliphatic hydroxyl groups is 1. The lowest BCUT2D eigenvalue weighted by molar-refractivity contribution is -0.152. The average Bonchev–Trinajstić information content (AvgIpc) is 2.98. The zero-order valence-corrected chi connectivity index (χ0v) is 30.0. The van der Waals surface area contributed by atoms with Gasteiger partial charge in [0, 0.05) is 12.8 Å². The zero-order valence-electron chi connectivity index (χ0n) is 30.0. The molecule has 0 unspecified atom stereocenters. The lowest BCUT2D eigenvalue weighted by Gasteiger charge is -2.12. The van der Waals surface area contributed by atoms with Crippen LogP contribution in [0.25, 0.3) is 0 Å². The Kier molecular flexibility index (Phi) is 32.4. The van der Waals surface area contributed by atoms with Crippen LogP contribution >= 0.6 is 0 Å². The first-order chi connectivity index (χ1) is 21.3. The lowest BCUT2D eigenvalue weighted by atomic mass is 10.0. The highest BCUT2D eigenvalue weighted by Crippen LogP contribution is 2.16. The Bertz CT molecular complexity index is 618. The van der Waals surface area contributed by atoms with Crippen LogP contribution in [-0.4, -0.2) is 36.4 Å². The SMILES string of the molecule is CC(C)CCCCCCCCCCCCCCCCCCC(=O)OC[C@H](O)COC(=O)CCCCCCCCCCC(C)C. The second-order valence-corrected chi connectivity index (χ2v) is 14.4. The van der Waals surface area contributed by atoms with Gasteiger partial charge in [-0.25, -0.2) is 0 Å². The standard InChI is InChI=1S/C39H76O5/c1-35(2)29-25-21-17-13-11-9-7-5-6-8-10-12-14-19-23-27-31-38(41)43-33-37(40)34-44-39(42)32-28-24-20-16-15-18-22-26-30-36(3)4/h35-37,40H,5-34H2,1-4H3/t37-/m0/s1. The summed E-state index contributed by atoms with van der Waals surface area (Å²) >= 11 is 0. The second-order valence-electron chi connectivity index (χ2n) is 14.4. The molecule has 0 spiro atoms. The number of carbonyl (C=O) groups is 2. The van der Waals surface area contributed by atoms with E-state index in [9.17, 15) is 14.7 Å². The Morgan fingerprint density at radius 1 is 0.409 bits per heavy atom. The maximum atomic E-state index is 12.0. The molecule has 5 heteroatoms. The number of aliphatic hydroxyl groups excluding tert-OH is 1. The minimum absolute atomic E-state index is 0.109. The third-order valence-corrected chi connectivity index (χ3v) is 8.70. The van der Waals surface area contributed by atoms with E-state index in [0.29, 0.717) is 12.8 Å². The van der Waals surface area contributed by atoms with Crippen LogP contribution in [0.5, 0.6) is 0 Å². The van der Waals surface area contributed by atoms with Gasteiger partial charge in [-0.3, -0.25) is 9.59 Å². The van der Waals surface area contributed by atoms with Gasteiger partial charge in [-0.15, -0.1) is 0 Å². The Morgan fingerprint density at radius 2 is 0.636 bits per heavy atom. The van der Waals surface area contributed by atoms with E-state index < -0.39 is 6.10 Å². The number of rotatable bonds is 34. The Labute approximate surface area is 274 Å². The molecule has 0 heterocycles. The van der Waals surface area contributed by atoms with Gasteiger partial charge in [-0.1, -0.05) is 182 Å². The molecule has 0 radical (unpaired) electrons. The number of ether oxygens (including phenoxy) is 2. The summed E-state index contributed by atoms with van der Waals surface area (Å²) in [5, 5.41) is 9.99. The number of unbranched alkanes of at least 4 members (excludes halogenated alkanes) is 22. The summed E-state index contributed by atoms with van der Waals surface area (Å²) in [4.78, 5) is 23.9. The van der Waals surface area contributed by atoms with Crippen molar-refractivity contribution in [3.05, 3.63) is 0 Å². The predicted octanol–water partition coefficient (Wildman–Crippen LogP) is 11.7. The molecule has 5 nitrogen and oxygen atoms in total. The highest BCUT2D eigenvalue weighted by atomic mass is 16.6. The van der Waals surface area contributed by atoms with E-state index in [1.54, 1.807) is 0 Å². The van der Waals surface area contributed by atoms with Gasteiger partial charge in [-0.2, -0.15) is 0 Å². The van der Waals surface area contributed by atoms with Crippen molar-refractivity contribution >= 4 is 11.9 Å². The minimum Gasteiger partial charge on any atom is -0.463 e. The average molecular weight is 625 g/mol. The highest BCUT2D eigenvalue weighted by Gasteiger charge is 2.12. The summed E-state index contributed by atoms with van der Waals surface area (Å²) in [5.74, 6) is 1.11. The molecule has 0 aliphatic heterocycles. The third kappa shape index (κ3) is 35.4. The fraction of sp³-hybridized carbons (Fsp3) is 0.949. The molecule has 0 aliphatic carbocycles. The summed E-state index contributed by atoms with van der Waals surface area (Å²) in [6.45, 7) is 8.99. The Hall–Kier alpha value is -1.10. The van der Waals surface area contributed by atoms with Crippen LogP contribution in [-0.2, 0) is 19.1 Å². The van der Waals surface area contributed by atoms with Crippen molar-refractivity contribution in [1.82, 2.24) is 0 Å². The van der Waals surface area contributed by atoms with Crippen LogP contribution in [0.4, 0.5) is 0 Å². The van der Waals surface area contributed by atoms with E-state index in [1.807, 2.05) is 0 Å². The van der Waals surface area contributed by atoms with Crippen LogP contribution in [0.2, 0.25) is 0 Å². The molecule has 0 saturated heterocycles. The molecule has 0 aromatic heterocycles. The molecule has 0 rings (SSSR count). The number of esters is 2. The van der Waals surface area contributed by atoms with E-state index >= 15 is 0 Å². The molecule has 262 valence electrons. The second kappa shape index (κ2) is 33.3. The fourth-order valence-corrected chi connectivity index (χ4v) is 5.75. The van der Waals surface area contributed by atoms with Crippen molar-refractivity contribution in [1.29, 1.82) is 0 Å².